The van der Waals surface area contributed by atoms with Crippen molar-refractivity contribution in [2.24, 2.45) is 0 Å². The van der Waals surface area contributed by atoms with Gasteiger partial charge < -0.3 is 4.74 Å². The summed E-state index contributed by atoms with van der Waals surface area (Å²) < 4.78 is 7.97. The fourth-order valence-corrected chi connectivity index (χ4v) is 2.08. The molecule has 0 aliphatic rings. The Bertz CT molecular complexity index is 736. The first-order valence-electron chi connectivity index (χ1n) is 5.41. The molecule has 0 fully saturated rings. The molecule has 0 unspecified atom stereocenters. The van der Waals surface area contributed by atoms with Gasteiger partial charge in [-0.25, -0.2) is 4.98 Å². The molecule has 0 N–H and O–H groups in total. The van der Waals surface area contributed by atoms with Gasteiger partial charge in [0, 0.05) is 3.57 Å². The van der Waals surface area contributed by atoms with Crippen molar-refractivity contribution in [1.29, 1.82) is 0 Å². The lowest BCUT2D eigenvalue weighted by Crippen LogP contribution is -2.05. The monoisotopic (exact) mass is 400 g/mol. The van der Waals surface area contributed by atoms with E-state index in [0.717, 1.165) is 3.57 Å². The van der Waals surface area contributed by atoms with E-state index in [1.807, 2.05) is 18.2 Å². The van der Waals surface area contributed by atoms with Crippen molar-refractivity contribution < 1.29 is 4.74 Å². The second-order valence-electron chi connectivity index (χ2n) is 3.59. The number of nitrogens with zero attached hydrogens (tertiary/aromatic N) is 6. The summed E-state index contributed by atoms with van der Waals surface area (Å²) in [6.07, 6.45) is 2.83. The van der Waals surface area contributed by atoms with Crippen molar-refractivity contribution in [3.8, 4) is 17.7 Å². The van der Waals surface area contributed by atoms with Gasteiger partial charge in [-0.3, -0.25) is 0 Å². The summed E-state index contributed by atoms with van der Waals surface area (Å²) in [5.41, 5.74) is 0. The first-order chi connectivity index (χ1) is 9.70. The lowest BCUT2D eigenvalue weighted by molar-refractivity contribution is 0.437. The topological polar surface area (TPSA) is 78.6 Å². The highest BCUT2D eigenvalue weighted by Gasteiger charge is 2.09. The molecule has 0 aliphatic carbocycles. The SMILES string of the molecule is Clc1nc(Oc2cccc(I)c2)nc(-n2cncn2)n1. The third-order valence-electron chi connectivity index (χ3n) is 2.20. The van der Waals surface area contributed by atoms with Crippen molar-refractivity contribution in [3.05, 3.63) is 45.8 Å². The van der Waals surface area contributed by atoms with Gasteiger partial charge in [-0.05, 0) is 52.4 Å². The summed E-state index contributed by atoms with van der Waals surface area (Å²) in [6.45, 7) is 0. The maximum atomic E-state index is 5.86. The Morgan fingerprint density at radius 2 is 2.10 bits per heavy atom. The maximum Gasteiger partial charge on any atom is 0.328 e. The van der Waals surface area contributed by atoms with Crippen molar-refractivity contribution in [2.75, 3.05) is 0 Å². The van der Waals surface area contributed by atoms with Gasteiger partial charge in [-0.2, -0.15) is 24.7 Å². The minimum atomic E-state index is 0.0196. The summed E-state index contributed by atoms with van der Waals surface area (Å²) in [6, 6.07) is 7.58. The molecule has 3 aromatic rings. The van der Waals surface area contributed by atoms with Crippen LogP contribution in [0.4, 0.5) is 0 Å². The molecule has 0 aliphatic heterocycles. The second-order valence-corrected chi connectivity index (χ2v) is 5.17. The Balaban J connectivity index is 1.94. The standard InChI is InChI=1S/C11H6ClIN6O/c12-9-16-10(19-6-14-5-15-19)18-11(17-9)20-8-3-1-2-7(13)4-8/h1-6H. The van der Waals surface area contributed by atoms with E-state index in [0.29, 0.717) is 5.75 Å². The van der Waals surface area contributed by atoms with Crippen LogP contribution in [-0.2, 0) is 0 Å². The molecule has 0 saturated carbocycles. The average molecular weight is 401 g/mol. The molecule has 2 heterocycles. The molecule has 100 valence electrons. The van der Waals surface area contributed by atoms with Crippen molar-refractivity contribution in [3.63, 3.8) is 0 Å². The molecule has 1 aromatic carbocycles. The summed E-state index contributed by atoms with van der Waals surface area (Å²) >= 11 is 8.05. The van der Waals surface area contributed by atoms with Crippen LogP contribution in [0, 0.1) is 3.57 Å². The molecular formula is C11H6ClIN6O. The van der Waals surface area contributed by atoms with Crippen LogP contribution in [-0.4, -0.2) is 29.7 Å². The third kappa shape index (κ3) is 3.02. The molecule has 2 aromatic heterocycles. The van der Waals surface area contributed by atoms with Gasteiger partial charge in [0.15, 0.2) is 0 Å². The highest BCUT2D eigenvalue weighted by Crippen LogP contribution is 2.21. The minimum absolute atomic E-state index is 0.0196. The molecule has 0 saturated heterocycles. The van der Waals surface area contributed by atoms with E-state index in [1.165, 1.54) is 17.3 Å². The zero-order valence-electron chi connectivity index (χ0n) is 9.81. The Morgan fingerprint density at radius 1 is 1.20 bits per heavy atom. The number of halogens is 2. The summed E-state index contributed by atoms with van der Waals surface area (Å²) in [5.74, 6) is 0.854. The molecule has 0 spiro atoms. The number of aromatic nitrogens is 6. The van der Waals surface area contributed by atoms with Gasteiger partial charge in [0.2, 0.25) is 5.28 Å². The van der Waals surface area contributed by atoms with E-state index in [-0.39, 0.29) is 17.2 Å². The van der Waals surface area contributed by atoms with Crippen LogP contribution in [0.25, 0.3) is 5.95 Å². The van der Waals surface area contributed by atoms with Crippen LogP contribution in [0.2, 0.25) is 5.28 Å². The van der Waals surface area contributed by atoms with E-state index in [1.54, 1.807) is 6.07 Å². The molecule has 20 heavy (non-hydrogen) atoms. The molecule has 0 atom stereocenters. The highest BCUT2D eigenvalue weighted by molar-refractivity contribution is 14.1. The first kappa shape index (κ1) is 13.2. The normalized spacial score (nSPS) is 10.5. The lowest BCUT2D eigenvalue weighted by Gasteiger charge is -2.05. The van der Waals surface area contributed by atoms with E-state index in [9.17, 15) is 0 Å². The van der Waals surface area contributed by atoms with Gasteiger partial charge in [-0.1, -0.05) is 6.07 Å². The number of hydrogen-bond donors (Lipinski definition) is 0. The molecule has 9 heteroatoms. The van der Waals surface area contributed by atoms with Gasteiger partial charge in [0.25, 0.3) is 5.95 Å². The third-order valence-corrected chi connectivity index (χ3v) is 3.04. The van der Waals surface area contributed by atoms with Crippen molar-refractivity contribution in [2.45, 2.75) is 0 Å². The first-order valence-corrected chi connectivity index (χ1v) is 6.86. The number of rotatable bonds is 3. The molecular weight excluding hydrogens is 395 g/mol. The quantitative estimate of drug-likeness (QED) is 0.629. The Labute approximate surface area is 132 Å². The number of hydrogen-bond acceptors (Lipinski definition) is 6. The van der Waals surface area contributed by atoms with Crippen LogP contribution in [0.3, 0.4) is 0 Å². The Hall–Kier alpha value is -1.81. The van der Waals surface area contributed by atoms with Crippen molar-refractivity contribution in [1.82, 2.24) is 29.7 Å². The molecule has 0 bridgehead atoms. The average Bonchev–Trinajstić information content (AvgIpc) is 2.91. The molecule has 7 nitrogen and oxygen atoms in total. The molecule has 0 amide bonds. The van der Waals surface area contributed by atoms with Gasteiger partial charge in [0.1, 0.15) is 18.4 Å². The van der Waals surface area contributed by atoms with Crippen LogP contribution in [0.15, 0.2) is 36.9 Å². The van der Waals surface area contributed by atoms with Crippen LogP contribution in [0.1, 0.15) is 0 Å². The summed E-state index contributed by atoms with van der Waals surface area (Å²) in [4.78, 5) is 15.8. The Kier molecular flexibility index (Phi) is 3.74. The maximum absolute atomic E-state index is 5.86. The van der Waals surface area contributed by atoms with E-state index in [2.05, 4.69) is 47.6 Å². The van der Waals surface area contributed by atoms with Crippen LogP contribution >= 0.6 is 34.2 Å². The highest BCUT2D eigenvalue weighted by atomic mass is 127. The van der Waals surface area contributed by atoms with Gasteiger partial charge in [0.05, 0.1) is 0 Å². The summed E-state index contributed by atoms with van der Waals surface area (Å²) in [5, 5.41) is 3.95. The van der Waals surface area contributed by atoms with Gasteiger partial charge in [-0.15, -0.1) is 0 Å². The predicted octanol–water partition coefficient (Wildman–Crippen LogP) is 2.50. The van der Waals surface area contributed by atoms with Crippen molar-refractivity contribution >= 4 is 34.2 Å². The number of benzene rings is 1. The van der Waals surface area contributed by atoms with E-state index in [4.69, 9.17) is 16.3 Å². The van der Waals surface area contributed by atoms with E-state index < -0.39 is 0 Å². The van der Waals surface area contributed by atoms with Gasteiger partial charge >= 0.3 is 6.01 Å². The zero-order chi connectivity index (χ0) is 13.9. The number of ether oxygens (including phenoxy) is 1. The molecule has 3 rings (SSSR count). The zero-order valence-corrected chi connectivity index (χ0v) is 12.7. The smallest absolute Gasteiger partial charge is 0.328 e. The minimum Gasteiger partial charge on any atom is -0.424 e. The predicted molar refractivity (Wildman–Crippen MR) is 79.0 cm³/mol. The molecule has 0 radical (unpaired) electrons. The lowest BCUT2D eigenvalue weighted by atomic mass is 10.3. The fourth-order valence-electron chi connectivity index (χ4n) is 1.42. The second kappa shape index (κ2) is 5.67. The fraction of sp³-hybridized carbons (Fsp3) is 0. The summed E-state index contributed by atoms with van der Waals surface area (Å²) in [7, 11) is 0. The van der Waals surface area contributed by atoms with Crippen LogP contribution < -0.4 is 4.74 Å². The van der Waals surface area contributed by atoms with Crippen LogP contribution in [0.5, 0.6) is 11.8 Å². The Morgan fingerprint density at radius 3 is 2.85 bits per heavy atom. The largest absolute Gasteiger partial charge is 0.424 e. The van der Waals surface area contributed by atoms with E-state index >= 15 is 0 Å².